The molecule has 1 aliphatic heterocycles. The van der Waals surface area contributed by atoms with Crippen LogP contribution in [-0.4, -0.2) is 27.0 Å². The van der Waals surface area contributed by atoms with Crippen molar-refractivity contribution in [1.82, 2.24) is 14.5 Å². The number of anilines is 1. The van der Waals surface area contributed by atoms with E-state index in [-0.39, 0.29) is 18.3 Å². The Morgan fingerprint density at radius 2 is 2.23 bits per heavy atom. The summed E-state index contributed by atoms with van der Waals surface area (Å²) in [4.78, 5) is 24.8. The number of hydrogen-bond acceptors (Lipinski definition) is 5. The Kier molecular flexibility index (Phi) is 3.91. The zero-order valence-corrected chi connectivity index (χ0v) is 13.0. The number of rotatable bonds is 1. The van der Waals surface area contributed by atoms with E-state index >= 15 is 0 Å². The van der Waals surface area contributed by atoms with Crippen molar-refractivity contribution in [3.05, 3.63) is 46.5 Å². The lowest BCUT2D eigenvalue weighted by Gasteiger charge is -2.07. The van der Waals surface area contributed by atoms with Gasteiger partial charge in [-0.25, -0.2) is 9.97 Å². The van der Waals surface area contributed by atoms with Gasteiger partial charge in [0.05, 0.1) is 5.52 Å². The van der Waals surface area contributed by atoms with Crippen molar-refractivity contribution in [2.24, 2.45) is 4.99 Å². The summed E-state index contributed by atoms with van der Waals surface area (Å²) >= 11 is 1.28. The van der Waals surface area contributed by atoms with Gasteiger partial charge in [-0.3, -0.25) is 9.36 Å². The van der Waals surface area contributed by atoms with E-state index in [2.05, 4.69) is 20.3 Å². The molecule has 8 heteroatoms. The van der Waals surface area contributed by atoms with Crippen molar-refractivity contribution in [2.75, 3.05) is 11.9 Å². The van der Waals surface area contributed by atoms with E-state index in [1.165, 1.54) is 11.3 Å². The first-order valence-electron chi connectivity index (χ1n) is 6.55. The number of benzene rings is 1. The highest BCUT2D eigenvalue weighted by Crippen LogP contribution is 2.22. The molecule has 0 spiro atoms. The second kappa shape index (κ2) is 5.86. The first-order valence-corrected chi connectivity index (χ1v) is 7.43. The normalized spacial score (nSPS) is 13.5. The molecular formula is C14H12ClN5OS. The fourth-order valence-electron chi connectivity index (χ4n) is 2.43. The van der Waals surface area contributed by atoms with Crippen LogP contribution in [0.2, 0.25) is 0 Å². The van der Waals surface area contributed by atoms with Crippen molar-refractivity contribution >= 4 is 46.4 Å². The lowest BCUT2D eigenvalue weighted by atomic mass is 10.2. The van der Waals surface area contributed by atoms with Crippen molar-refractivity contribution in [3.8, 4) is 0 Å². The Labute approximate surface area is 136 Å². The van der Waals surface area contributed by atoms with Crippen LogP contribution in [0.4, 0.5) is 5.82 Å². The number of nitrogens with one attached hydrogen (secondary N) is 1. The lowest BCUT2D eigenvalue weighted by Crippen LogP contribution is -2.24. The second-order valence-corrected chi connectivity index (χ2v) is 5.50. The number of nitrogens with zero attached hydrogens (tertiary/aromatic N) is 4. The predicted octanol–water partition coefficient (Wildman–Crippen LogP) is 2.08. The van der Waals surface area contributed by atoms with Crippen LogP contribution in [0.25, 0.3) is 10.9 Å². The van der Waals surface area contributed by atoms with Gasteiger partial charge in [0.15, 0.2) is 5.01 Å². The molecule has 2 aromatic heterocycles. The average molecular weight is 334 g/mol. The van der Waals surface area contributed by atoms with Crippen LogP contribution in [0.15, 0.2) is 40.8 Å². The standard InChI is InChI=1S/C14H11N5OS.ClH/c20-12(13-16-6-8-21-13)18-14-17-10-4-2-1-3-9(10)11-15-5-7-19(11)14;/h1-4,6,8,15H,5,7H2;1H. The average Bonchev–Trinajstić information content (AvgIpc) is 3.19. The molecule has 0 saturated carbocycles. The molecule has 3 heterocycles. The fraction of sp³-hybridized carbons (Fsp3) is 0.143. The van der Waals surface area contributed by atoms with Crippen LogP contribution in [-0.2, 0) is 6.54 Å². The van der Waals surface area contributed by atoms with E-state index < -0.39 is 0 Å². The minimum absolute atomic E-state index is 0. The van der Waals surface area contributed by atoms with Gasteiger partial charge in [-0.2, -0.15) is 4.99 Å². The monoisotopic (exact) mass is 333 g/mol. The maximum Gasteiger partial charge on any atom is 0.309 e. The minimum atomic E-state index is -0.352. The Balaban J connectivity index is 0.00000144. The van der Waals surface area contributed by atoms with E-state index in [0.717, 1.165) is 29.8 Å². The van der Waals surface area contributed by atoms with Gasteiger partial charge in [-0.05, 0) is 12.1 Å². The number of aromatic nitrogens is 3. The van der Waals surface area contributed by atoms with Gasteiger partial charge in [-0.1, -0.05) is 12.1 Å². The molecule has 1 aromatic carbocycles. The van der Waals surface area contributed by atoms with Crippen molar-refractivity contribution < 1.29 is 4.79 Å². The van der Waals surface area contributed by atoms with Crippen molar-refractivity contribution in [2.45, 2.75) is 6.54 Å². The van der Waals surface area contributed by atoms with Gasteiger partial charge in [0, 0.05) is 30.1 Å². The molecule has 22 heavy (non-hydrogen) atoms. The third-order valence-corrected chi connectivity index (χ3v) is 4.10. The predicted molar refractivity (Wildman–Crippen MR) is 87.5 cm³/mol. The van der Waals surface area contributed by atoms with Gasteiger partial charge >= 0.3 is 5.91 Å². The quantitative estimate of drug-likeness (QED) is 0.740. The first kappa shape index (κ1) is 14.7. The third-order valence-electron chi connectivity index (χ3n) is 3.34. The van der Waals surface area contributed by atoms with Gasteiger partial charge in [0.1, 0.15) is 5.82 Å². The molecule has 3 aromatic rings. The molecule has 0 fully saturated rings. The van der Waals surface area contributed by atoms with Crippen LogP contribution in [0.5, 0.6) is 0 Å². The molecule has 0 unspecified atom stereocenters. The van der Waals surface area contributed by atoms with Gasteiger partial charge < -0.3 is 5.32 Å². The highest BCUT2D eigenvalue weighted by molar-refractivity contribution is 7.11. The molecule has 6 nitrogen and oxygen atoms in total. The fourth-order valence-corrected chi connectivity index (χ4v) is 2.95. The van der Waals surface area contributed by atoms with E-state index in [0.29, 0.717) is 10.6 Å². The molecule has 0 bridgehead atoms. The summed E-state index contributed by atoms with van der Waals surface area (Å²) in [7, 11) is 0. The summed E-state index contributed by atoms with van der Waals surface area (Å²) in [5.41, 5.74) is 1.25. The van der Waals surface area contributed by atoms with E-state index in [4.69, 9.17) is 0 Å². The molecule has 0 aliphatic carbocycles. The minimum Gasteiger partial charge on any atom is -0.369 e. The maximum atomic E-state index is 12.1. The molecule has 1 N–H and O–H groups in total. The molecule has 1 aliphatic rings. The Morgan fingerprint density at radius 1 is 1.36 bits per heavy atom. The number of amides is 1. The number of carbonyl (C=O) groups is 1. The largest absolute Gasteiger partial charge is 0.369 e. The van der Waals surface area contributed by atoms with Gasteiger partial charge in [-0.15, -0.1) is 23.7 Å². The molecule has 112 valence electrons. The summed E-state index contributed by atoms with van der Waals surface area (Å²) in [6.45, 7) is 1.56. The lowest BCUT2D eigenvalue weighted by molar-refractivity contribution is 0.0996. The summed E-state index contributed by atoms with van der Waals surface area (Å²) in [5.74, 6) is 0.612. The molecular weight excluding hydrogens is 322 g/mol. The number of hydrogen-bond donors (Lipinski definition) is 1. The van der Waals surface area contributed by atoms with Crippen LogP contribution in [0.1, 0.15) is 9.80 Å². The van der Waals surface area contributed by atoms with E-state index in [1.54, 1.807) is 11.6 Å². The van der Waals surface area contributed by atoms with Crippen LogP contribution in [0.3, 0.4) is 0 Å². The number of para-hydroxylation sites is 1. The van der Waals surface area contributed by atoms with E-state index in [9.17, 15) is 4.79 Å². The van der Waals surface area contributed by atoms with Crippen LogP contribution < -0.4 is 10.9 Å². The highest BCUT2D eigenvalue weighted by Gasteiger charge is 2.16. The third kappa shape index (κ3) is 2.38. The number of carbonyl (C=O) groups excluding carboxylic acids is 1. The zero-order chi connectivity index (χ0) is 14.2. The number of fused-ring (bicyclic) bond motifs is 3. The Hall–Kier alpha value is -2.25. The summed E-state index contributed by atoms with van der Waals surface area (Å²) in [6.07, 6.45) is 1.60. The SMILES string of the molecule is Cl.O=C(N=c1nc2ccccc2c2n1CCN2)c1nccs1. The summed E-state index contributed by atoms with van der Waals surface area (Å²) in [5, 5.41) is 6.51. The van der Waals surface area contributed by atoms with Crippen LogP contribution >= 0.6 is 23.7 Å². The topological polar surface area (TPSA) is 72.2 Å². The number of thiazole rings is 1. The Bertz CT molecular complexity index is 903. The second-order valence-electron chi connectivity index (χ2n) is 4.61. The van der Waals surface area contributed by atoms with Crippen molar-refractivity contribution in [1.29, 1.82) is 0 Å². The highest BCUT2D eigenvalue weighted by atomic mass is 35.5. The smallest absolute Gasteiger partial charge is 0.309 e. The first-order chi connectivity index (χ1) is 10.3. The molecule has 0 saturated heterocycles. The van der Waals surface area contributed by atoms with E-state index in [1.807, 2.05) is 28.8 Å². The molecule has 0 atom stereocenters. The Morgan fingerprint density at radius 3 is 3.05 bits per heavy atom. The van der Waals surface area contributed by atoms with Crippen molar-refractivity contribution in [3.63, 3.8) is 0 Å². The molecule has 1 amide bonds. The van der Waals surface area contributed by atoms with Gasteiger partial charge in [0.2, 0.25) is 5.62 Å². The van der Waals surface area contributed by atoms with Crippen LogP contribution in [0, 0.1) is 0 Å². The maximum absolute atomic E-state index is 12.1. The summed E-state index contributed by atoms with van der Waals surface area (Å²) in [6, 6.07) is 7.83. The summed E-state index contributed by atoms with van der Waals surface area (Å²) < 4.78 is 1.94. The number of halogens is 1. The van der Waals surface area contributed by atoms with Gasteiger partial charge in [0.25, 0.3) is 0 Å². The zero-order valence-electron chi connectivity index (χ0n) is 11.4. The molecule has 0 radical (unpaired) electrons. The molecule has 4 rings (SSSR count).